The van der Waals surface area contributed by atoms with Gasteiger partial charge < -0.3 is 9.84 Å². The van der Waals surface area contributed by atoms with E-state index in [4.69, 9.17) is 10.00 Å². The molecule has 1 aliphatic carbocycles. The number of benzene rings is 1. The molecule has 0 amide bonds. The summed E-state index contributed by atoms with van der Waals surface area (Å²) in [6.07, 6.45) is -1.72. The fourth-order valence-corrected chi connectivity index (χ4v) is 3.61. The molecule has 0 fully saturated rings. The zero-order chi connectivity index (χ0) is 18.4. The van der Waals surface area contributed by atoms with Crippen molar-refractivity contribution in [2.75, 3.05) is 6.26 Å². The Kier molecular flexibility index (Phi) is 4.18. The van der Waals surface area contributed by atoms with Crippen molar-refractivity contribution in [3.8, 4) is 17.7 Å². The lowest BCUT2D eigenvalue weighted by atomic mass is 10.1. The van der Waals surface area contributed by atoms with Crippen LogP contribution in [-0.2, 0) is 16.3 Å². The molecule has 6 nitrogen and oxygen atoms in total. The number of pyridine rings is 1. The quantitative estimate of drug-likeness (QED) is 0.894. The van der Waals surface area contributed by atoms with Crippen LogP contribution in [0, 0.1) is 17.1 Å². The fraction of sp³-hybridized carbons (Fsp3) is 0.250. The second-order valence-electron chi connectivity index (χ2n) is 5.65. The predicted octanol–water partition coefficient (Wildman–Crippen LogP) is 2.22. The average Bonchev–Trinajstić information content (AvgIpc) is 2.82. The van der Waals surface area contributed by atoms with Gasteiger partial charge in [0.2, 0.25) is 5.88 Å². The lowest BCUT2D eigenvalue weighted by Crippen LogP contribution is -2.10. The van der Waals surface area contributed by atoms with E-state index >= 15 is 0 Å². The number of aromatic nitrogens is 1. The van der Waals surface area contributed by atoms with Crippen molar-refractivity contribution >= 4 is 9.84 Å². The second-order valence-corrected chi connectivity index (χ2v) is 7.63. The van der Waals surface area contributed by atoms with Crippen LogP contribution in [-0.4, -0.2) is 30.9 Å². The summed E-state index contributed by atoms with van der Waals surface area (Å²) >= 11 is 0. The van der Waals surface area contributed by atoms with Gasteiger partial charge >= 0.3 is 0 Å². The third kappa shape index (κ3) is 3.18. The van der Waals surface area contributed by atoms with Gasteiger partial charge in [0.05, 0.1) is 16.5 Å². The largest absolute Gasteiger partial charge is 0.439 e. The van der Waals surface area contributed by atoms with Crippen molar-refractivity contribution in [3.05, 3.63) is 46.9 Å². The number of rotatable bonds is 3. The highest BCUT2D eigenvalue weighted by Crippen LogP contribution is 2.42. The summed E-state index contributed by atoms with van der Waals surface area (Å²) in [5.74, 6) is -0.895. The van der Waals surface area contributed by atoms with Crippen LogP contribution in [0.4, 0.5) is 8.78 Å². The Labute approximate surface area is 142 Å². The zero-order valence-corrected chi connectivity index (χ0v) is 13.7. The normalized spacial score (nSPS) is 19.3. The van der Waals surface area contributed by atoms with Crippen molar-refractivity contribution in [3.63, 3.8) is 0 Å². The minimum atomic E-state index is -3.74. The van der Waals surface area contributed by atoms with E-state index in [-0.39, 0.29) is 39.6 Å². The van der Waals surface area contributed by atoms with Crippen LogP contribution >= 0.6 is 0 Å². The first kappa shape index (κ1) is 17.3. The number of alkyl halides is 1. The SMILES string of the molecule is CS(=O)(=O)c1cnc(Oc2cc(F)cc(C#N)c2)c2c1[C@H](O)[C@H](F)C2. The monoisotopic (exact) mass is 366 g/mol. The molecule has 1 aliphatic rings. The van der Waals surface area contributed by atoms with Gasteiger partial charge in [-0.05, 0) is 12.1 Å². The summed E-state index contributed by atoms with van der Waals surface area (Å²) in [5.41, 5.74) is 0.0189. The standard InChI is InChI=1S/C16H12F2N2O4S/c1-25(22,23)13-7-20-16(11-5-12(18)15(21)14(11)13)24-10-3-8(6-19)2-9(17)4-10/h2-4,7,12,15,21H,5H2,1H3/t12-,15-/m1/s1. The lowest BCUT2D eigenvalue weighted by Gasteiger charge is -2.13. The van der Waals surface area contributed by atoms with Crippen LogP contribution < -0.4 is 4.74 Å². The molecule has 9 heteroatoms. The number of halogens is 2. The summed E-state index contributed by atoms with van der Waals surface area (Å²) in [7, 11) is -3.74. The maximum Gasteiger partial charge on any atom is 0.222 e. The first-order chi connectivity index (χ1) is 11.7. The average molecular weight is 366 g/mol. The van der Waals surface area contributed by atoms with E-state index in [2.05, 4.69) is 4.98 Å². The highest BCUT2D eigenvalue weighted by Gasteiger charge is 2.38. The van der Waals surface area contributed by atoms with Crippen molar-refractivity contribution in [2.24, 2.45) is 0 Å². The van der Waals surface area contributed by atoms with Gasteiger partial charge in [-0.3, -0.25) is 0 Å². The van der Waals surface area contributed by atoms with Gasteiger partial charge in [0.1, 0.15) is 23.8 Å². The molecule has 0 unspecified atom stereocenters. The van der Waals surface area contributed by atoms with E-state index in [0.29, 0.717) is 0 Å². The van der Waals surface area contributed by atoms with Crippen LogP contribution in [0.2, 0.25) is 0 Å². The number of aliphatic hydroxyl groups is 1. The Morgan fingerprint density at radius 2 is 2.12 bits per heavy atom. The van der Waals surface area contributed by atoms with Gasteiger partial charge in [-0.15, -0.1) is 0 Å². The molecule has 0 saturated carbocycles. The number of nitriles is 1. The molecule has 130 valence electrons. The first-order valence-electron chi connectivity index (χ1n) is 7.13. The van der Waals surface area contributed by atoms with E-state index in [9.17, 15) is 22.3 Å². The highest BCUT2D eigenvalue weighted by atomic mass is 32.2. The van der Waals surface area contributed by atoms with Gasteiger partial charge in [-0.25, -0.2) is 22.2 Å². The third-order valence-corrected chi connectivity index (χ3v) is 4.92. The number of hydrogen-bond donors (Lipinski definition) is 1. The van der Waals surface area contributed by atoms with E-state index in [0.717, 1.165) is 24.6 Å². The zero-order valence-electron chi connectivity index (χ0n) is 12.9. The maximum atomic E-state index is 13.9. The summed E-state index contributed by atoms with van der Waals surface area (Å²) in [6, 6.07) is 5.06. The summed E-state index contributed by atoms with van der Waals surface area (Å²) in [6.45, 7) is 0. The van der Waals surface area contributed by atoms with Gasteiger partial charge in [-0.2, -0.15) is 5.26 Å². The summed E-state index contributed by atoms with van der Waals surface area (Å²) in [5, 5.41) is 18.9. The molecule has 1 aromatic heterocycles. The fourth-order valence-electron chi connectivity index (χ4n) is 2.72. The number of nitrogens with zero attached hydrogens (tertiary/aromatic N) is 2. The summed E-state index contributed by atoms with van der Waals surface area (Å²) < 4.78 is 56.6. The molecule has 0 radical (unpaired) electrons. The smallest absolute Gasteiger partial charge is 0.222 e. The number of fused-ring (bicyclic) bond motifs is 1. The van der Waals surface area contributed by atoms with Crippen molar-refractivity contribution in [1.82, 2.24) is 4.98 Å². The van der Waals surface area contributed by atoms with Crippen LogP contribution in [0.1, 0.15) is 22.8 Å². The Morgan fingerprint density at radius 3 is 2.76 bits per heavy atom. The predicted molar refractivity (Wildman–Crippen MR) is 82.1 cm³/mol. The number of hydrogen-bond acceptors (Lipinski definition) is 6. The molecule has 1 heterocycles. The lowest BCUT2D eigenvalue weighted by molar-refractivity contribution is 0.0907. The molecule has 2 aromatic rings. The molecular weight excluding hydrogens is 354 g/mol. The van der Waals surface area contributed by atoms with Crippen LogP contribution in [0.15, 0.2) is 29.3 Å². The minimum Gasteiger partial charge on any atom is -0.439 e. The number of ether oxygens (including phenoxy) is 1. The van der Waals surface area contributed by atoms with Crippen LogP contribution in [0.25, 0.3) is 0 Å². The molecular formula is C16H12F2N2O4S. The van der Waals surface area contributed by atoms with Gasteiger partial charge in [0.25, 0.3) is 0 Å². The van der Waals surface area contributed by atoms with E-state index < -0.39 is 27.9 Å². The first-order valence-corrected chi connectivity index (χ1v) is 9.02. The number of sulfone groups is 1. The molecule has 0 saturated heterocycles. The van der Waals surface area contributed by atoms with E-state index in [1.165, 1.54) is 6.07 Å². The van der Waals surface area contributed by atoms with Gasteiger partial charge in [0, 0.05) is 36.1 Å². The molecule has 25 heavy (non-hydrogen) atoms. The van der Waals surface area contributed by atoms with Crippen molar-refractivity contribution in [2.45, 2.75) is 23.6 Å². The summed E-state index contributed by atoms with van der Waals surface area (Å²) in [4.78, 5) is 3.60. The maximum absolute atomic E-state index is 13.9. The van der Waals surface area contributed by atoms with Gasteiger partial charge in [-0.1, -0.05) is 0 Å². The second kappa shape index (κ2) is 6.06. The highest BCUT2D eigenvalue weighted by molar-refractivity contribution is 7.90. The topological polar surface area (TPSA) is 100 Å². The molecule has 2 atom stereocenters. The molecule has 3 rings (SSSR count). The van der Waals surface area contributed by atoms with Gasteiger partial charge in [0.15, 0.2) is 9.84 Å². The van der Waals surface area contributed by atoms with Crippen LogP contribution in [0.5, 0.6) is 11.6 Å². The number of aliphatic hydroxyl groups excluding tert-OH is 1. The Morgan fingerprint density at radius 1 is 1.40 bits per heavy atom. The Balaban J connectivity index is 2.11. The van der Waals surface area contributed by atoms with Crippen molar-refractivity contribution in [1.29, 1.82) is 5.26 Å². The molecule has 0 spiro atoms. The van der Waals surface area contributed by atoms with E-state index in [1.54, 1.807) is 6.07 Å². The molecule has 0 bridgehead atoms. The Bertz CT molecular complexity index is 1000. The van der Waals surface area contributed by atoms with Crippen molar-refractivity contribution < 1.29 is 27.0 Å². The minimum absolute atomic E-state index is 0.0165. The van der Waals surface area contributed by atoms with E-state index in [1.807, 2.05) is 0 Å². The Hall–Kier alpha value is -2.57. The molecule has 0 aliphatic heterocycles. The third-order valence-electron chi connectivity index (χ3n) is 3.80. The molecule has 1 aromatic carbocycles. The van der Waals surface area contributed by atoms with Crippen LogP contribution in [0.3, 0.4) is 0 Å². The molecule has 1 N–H and O–H groups in total.